The minimum atomic E-state index is 0.669. The topological polar surface area (TPSA) is 29.0 Å². The molecule has 2 heterocycles. The summed E-state index contributed by atoms with van der Waals surface area (Å²) in [5.74, 6) is 0.955. The SMILES string of the molecule is Clc1ccc(Cl)c(-c2ccc3ncc(N4CCCCC4)nc3c2)c1. The van der Waals surface area contributed by atoms with E-state index in [2.05, 4.69) is 9.88 Å². The molecular weight excluding hydrogens is 341 g/mol. The molecule has 5 heteroatoms. The van der Waals surface area contributed by atoms with E-state index in [0.29, 0.717) is 10.0 Å². The molecule has 4 rings (SSSR count). The van der Waals surface area contributed by atoms with Crippen LogP contribution in [0.2, 0.25) is 10.0 Å². The minimum absolute atomic E-state index is 0.669. The normalized spacial score (nSPS) is 15.0. The van der Waals surface area contributed by atoms with Gasteiger partial charge in [-0.2, -0.15) is 0 Å². The third kappa shape index (κ3) is 3.06. The first kappa shape index (κ1) is 15.7. The molecule has 0 N–H and O–H groups in total. The molecule has 3 aromatic rings. The number of hydrogen-bond acceptors (Lipinski definition) is 3. The molecule has 24 heavy (non-hydrogen) atoms. The van der Waals surface area contributed by atoms with Crippen molar-refractivity contribution in [2.24, 2.45) is 0 Å². The maximum absolute atomic E-state index is 6.33. The van der Waals surface area contributed by atoms with Gasteiger partial charge in [0, 0.05) is 28.7 Å². The smallest absolute Gasteiger partial charge is 0.147 e. The Labute approximate surface area is 151 Å². The Balaban J connectivity index is 1.77. The predicted octanol–water partition coefficient (Wildman–Crippen LogP) is 5.59. The van der Waals surface area contributed by atoms with Crippen molar-refractivity contribution < 1.29 is 0 Å². The average molecular weight is 358 g/mol. The molecular formula is C19H17Cl2N3. The lowest BCUT2D eigenvalue weighted by Crippen LogP contribution is -2.30. The summed E-state index contributed by atoms with van der Waals surface area (Å²) in [5.41, 5.74) is 3.68. The van der Waals surface area contributed by atoms with E-state index >= 15 is 0 Å². The van der Waals surface area contributed by atoms with Gasteiger partial charge in [-0.15, -0.1) is 0 Å². The molecule has 2 aromatic carbocycles. The van der Waals surface area contributed by atoms with Crippen molar-refractivity contribution >= 4 is 40.1 Å². The summed E-state index contributed by atoms with van der Waals surface area (Å²) in [6.45, 7) is 2.11. The maximum Gasteiger partial charge on any atom is 0.147 e. The van der Waals surface area contributed by atoms with Crippen LogP contribution in [0.25, 0.3) is 22.2 Å². The van der Waals surface area contributed by atoms with Crippen molar-refractivity contribution in [3.8, 4) is 11.1 Å². The second-order valence-electron chi connectivity index (χ2n) is 6.10. The van der Waals surface area contributed by atoms with Gasteiger partial charge in [0.25, 0.3) is 0 Å². The Kier molecular flexibility index (Phi) is 4.30. The second-order valence-corrected chi connectivity index (χ2v) is 6.95. The van der Waals surface area contributed by atoms with E-state index in [-0.39, 0.29) is 0 Å². The van der Waals surface area contributed by atoms with Crippen LogP contribution in [-0.2, 0) is 0 Å². The quantitative estimate of drug-likeness (QED) is 0.598. The number of aromatic nitrogens is 2. The first-order chi connectivity index (χ1) is 11.7. The average Bonchev–Trinajstić information content (AvgIpc) is 2.63. The van der Waals surface area contributed by atoms with Crippen LogP contribution in [0, 0.1) is 0 Å². The highest BCUT2D eigenvalue weighted by atomic mass is 35.5. The lowest BCUT2D eigenvalue weighted by molar-refractivity contribution is 0.573. The van der Waals surface area contributed by atoms with Crippen molar-refractivity contribution in [1.29, 1.82) is 0 Å². The van der Waals surface area contributed by atoms with Gasteiger partial charge < -0.3 is 4.90 Å². The molecule has 1 aromatic heterocycles. The monoisotopic (exact) mass is 357 g/mol. The molecule has 0 amide bonds. The molecule has 0 bridgehead atoms. The van der Waals surface area contributed by atoms with Gasteiger partial charge in [0.1, 0.15) is 5.82 Å². The van der Waals surface area contributed by atoms with Gasteiger partial charge >= 0.3 is 0 Å². The van der Waals surface area contributed by atoms with Crippen molar-refractivity contribution in [2.45, 2.75) is 19.3 Å². The van der Waals surface area contributed by atoms with Crippen LogP contribution >= 0.6 is 23.2 Å². The van der Waals surface area contributed by atoms with Crippen LogP contribution < -0.4 is 4.90 Å². The summed E-state index contributed by atoms with van der Waals surface area (Å²) >= 11 is 12.5. The summed E-state index contributed by atoms with van der Waals surface area (Å²) in [5, 5.41) is 1.35. The summed E-state index contributed by atoms with van der Waals surface area (Å²) in [6, 6.07) is 11.5. The van der Waals surface area contributed by atoms with Crippen LogP contribution in [0.3, 0.4) is 0 Å². The summed E-state index contributed by atoms with van der Waals surface area (Å²) in [7, 11) is 0. The molecule has 0 atom stereocenters. The minimum Gasteiger partial charge on any atom is -0.355 e. The number of rotatable bonds is 2. The van der Waals surface area contributed by atoms with E-state index in [1.807, 2.05) is 36.5 Å². The van der Waals surface area contributed by atoms with Gasteiger partial charge in [0.2, 0.25) is 0 Å². The maximum atomic E-state index is 6.33. The largest absolute Gasteiger partial charge is 0.355 e. The van der Waals surface area contributed by atoms with E-state index in [1.54, 1.807) is 6.07 Å². The summed E-state index contributed by atoms with van der Waals surface area (Å²) in [6.07, 6.45) is 5.62. The van der Waals surface area contributed by atoms with Crippen molar-refractivity contribution in [3.05, 3.63) is 52.6 Å². The summed E-state index contributed by atoms with van der Waals surface area (Å²) in [4.78, 5) is 11.7. The molecule has 0 unspecified atom stereocenters. The highest BCUT2D eigenvalue weighted by Crippen LogP contribution is 2.32. The fourth-order valence-electron chi connectivity index (χ4n) is 3.16. The van der Waals surface area contributed by atoms with Gasteiger partial charge in [-0.1, -0.05) is 29.3 Å². The van der Waals surface area contributed by atoms with E-state index in [1.165, 1.54) is 19.3 Å². The molecule has 0 spiro atoms. The van der Waals surface area contributed by atoms with Gasteiger partial charge in [0.05, 0.1) is 17.2 Å². The Morgan fingerprint density at radius 1 is 0.875 bits per heavy atom. The Bertz CT molecular complexity index is 889. The Morgan fingerprint density at radius 2 is 1.71 bits per heavy atom. The van der Waals surface area contributed by atoms with Gasteiger partial charge in [0.15, 0.2) is 0 Å². The lowest BCUT2D eigenvalue weighted by atomic mass is 10.0. The Morgan fingerprint density at radius 3 is 2.54 bits per heavy atom. The van der Waals surface area contributed by atoms with Gasteiger partial charge in [-0.25, -0.2) is 4.98 Å². The van der Waals surface area contributed by atoms with Crippen LogP contribution in [0.4, 0.5) is 5.82 Å². The first-order valence-corrected chi connectivity index (χ1v) is 8.93. The van der Waals surface area contributed by atoms with Gasteiger partial charge in [-0.3, -0.25) is 4.98 Å². The first-order valence-electron chi connectivity index (χ1n) is 8.18. The Hall–Kier alpha value is -1.84. The number of anilines is 1. The van der Waals surface area contributed by atoms with E-state index in [0.717, 1.165) is 41.1 Å². The zero-order valence-corrected chi connectivity index (χ0v) is 14.7. The van der Waals surface area contributed by atoms with Crippen molar-refractivity contribution in [2.75, 3.05) is 18.0 Å². The van der Waals surface area contributed by atoms with Crippen molar-refractivity contribution in [3.63, 3.8) is 0 Å². The molecule has 1 saturated heterocycles. The molecule has 1 aliphatic rings. The molecule has 0 radical (unpaired) electrons. The number of benzene rings is 2. The third-order valence-electron chi connectivity index (χ3n) is 4.45. The van der Waals surface area contributed by atoms with Crippen LogP contribution in [0.15, 0.2) is 42.6 Å². The third-order valence-corrected chi connectivity index (χ3v) is 5.01. The number of fused-ring (bicyclic) bond motifs is 1. The van der Waals surface area contributed by atoms with Crippen molar-refractivity contribution in [1.82, 2.24) is 9.97 Å². The summed E-state index contributed by atoms with van der Waals surface area (Å²) < 4.78 is 0. The van der Waals surface area contributed by atoms with Crippen LogP contribution in [-0.4, -0.2) is 23.1 Å². The zero-order chi connectivity index (χ0) is 16.5. The molecule has 1 aliphatic heterocycles. The van der Waals surface area contributed by atoms with Crippen LogP contribution in [0.1, 0.15) is 19.3 Å². The molecule has 0 saturated carbocycles. The van der Waals surface area contributed by atoms with Gasteiger partial charge in [-0.05, 0) is 55.2 Å². The van der Waals surface area contributed by atoms with E-state index in [9.17, 15) is 0 Å². The van der Waals surface area contributed by atoms with E-state index in [4.69, 9.17) is 28.2 Å². The fourth-order valence-corrected chi connectivity index (χ4v) is 3.56. The number of piperidine rings is 1. The van der Waals surface area contributed by atoms with E-state index < -0.39 is 0 Å². The predicted molar refractivity (Wildman–Crippen MR) is 101 cm³/mol. The highest BCUT2D eigenvalue weighted by Gasteiger charge is 2.13. The fraction of sp³-hybridized carbons (Fsp3) is 0.263. The molecule has 122 valence electrons. The highest BCUT2D eigenvalue weighted by molar-refractivity contribution is 6.35. The number of halogens is 2. The standard InChI is InChI=1S/C19H17Cl2N3/c20-14-5-6-16(21)15(11-14)13-4-7-17-18(10-13)23-19(12-22-17)24-8-2-1-3-9-24/h4-7,10-12H,1-3,8-9H2. The zero-order valence-electron chi connectivity index (χ0n) is 13.2. The number of nitrogens with zero attached hydrogens (tertiary/aromatic N) is 3. The second kappa shape index (κ2) is 6.58. The van der Waals surface area contributed by atoms with Crippen LogP contribution in [0.5, 0.6) is 0 Å². The molecule has 0 aliphatic carbocycles. The molecule has 3 nitrogen and oxygen atoms in total. The lowest BCUT2D eigenvalue weighted by Gasteiger charge is -2.27. The number of hydrogen-bond donors (Lipinski definition) is 0. The molecule has 1 fully saturated rings.